The lowest BCUT2D eigenvalue weighted by Gasteiger charge is -2.48. The number of amides is 2. The number of hydrogen-bond acceptors (Lipinski definition) is 2. The molecular weight excluding hydrogens is 252 g/mol. The Balaban J connectivity index is 1.89. The van der Waals surface area contributed by atoms with Crippen molar-refractivity contribution in [3.05, 3.63) is 0 Å². The van der Waals surface area contributed by atoms with Crippen LogP contribution in [0.2, 0.25) is 0 Å². The average Bonchev–Trinajstić information content (AvgIpc) is 3.28. The molecule has 1 heterocycles. The van der Waals surface area contributed by atoms with Crippen molar-refractivity contribution in [3.63, 3.8) is 0 Å². The van der Waals surface area contributed by atoms with Gasteiger partial charge in [-0.1, -0.05) is 26.2 Å². The van der Waals surface area contributed by atoms with Gasteiger partial charge in [0.25, 0.3) is 0 Å². The molecule has 2 amide bonds. The Morgan fingerprint density at radius 2 is 1.80 bits per heavy atom. The van der Waals surface area contributed by atoms with E-state index in [0.29, 0.717) is 5.92 Å². The highest BCUT2D eigenvalue weighted by Crippen LogP contribution is 2.43. The molecule has 3 aliphatic rings. The summed E-state index contributed by atoms with van der Waals surface area (Å²) in [4.78, 5) is 27.5. The van der Waals surface area contributed by atoms with Crippen LogP contribution in [0.15, 0.2) is 0 Å². The molecule has 0 aromatic rings. The lowest BCUT2D eigenvalue weighted by atomic mass is 9.85. The van der Waals surface area contributed by atoms with Crippen LogP contribution in [0.3, 0.4) is 0 Å². The van der Waals surface area contributed by atoms with Crippen LogP contribution in [0.5, 0.6) is 0 Å². The quantitative estimate of drug-likeness (QED) is 0.860. The molecule has 4 nitrogen and oxygen atoms in total. The first kappa shape index (κ1) is 13.9. The number of hydrogen-bond donors (Lipinski definition) is 1. The van der Waals surface area contributed by atoms with Gasteiger partial charge in [0.1, 0.15) is 11.6 Å². The van der Waals surface area contributed by atoms with E-state index in [1.54, 1.807) is 0 Å². The van der Waals surface area contributed by atoms with Gasteiger partial charge < -0.3 is 10.2 Å². The average molecular weight is 278 g/mol. The molecule has 3 rings (SSSR count). The lowest BCUT2D eigenvalue weighted by Crippen LogP contribution is -2.71. The van der Waals surface area contributed by atoms with Crippen molar-refractivity contribution >= 4 is 11.8 Å². The molecule has 2 aliphatic carbocycles. The van der Waals surface area contributed by atoms with Crippen molar-refractivity contribution < 1.29 is 9.59 Å². The smallest absolute Gasteiger partial charge is 0.249 e. The summed E-state index contributed by atoms with van der Waals surface area (Å²) >= 11 is 0. The van der Waals surface area contributed by atoms with Crippen molar-refractivity contribution in [2.45, 2.75) is 82.8 Å². The number of carbonyl (C=O) groups excluding carboxylic acids is 2. The fourth-order valence-corrected chi connectivity index (χ4v) is 4.03. The van der Waals surface area contributed by atoms with E-state index in [1.807, 2.05) is 18.7 Å². The normalized spacial score (nSPS) is 36.1. The Kier molecular flexibility index (Phi) is 3.51. The van der Waals surface area contributed by atoms with Gasteiger partial charge in [0.15, 0.2) is 0 Å². The van der Waals surface area contributed by atoms with Gasteiger partial charge in [0.05, 0.1) is 0 Å². The van der Waals surface area contributed by atoms with Gasteiger partial charge in [-0.3, -0.25) is 9.59 Å². The Labute approximate surface area is 121 Å². The fourth-order valence-electron chi connectivity index (χ4n) is 4.03. The molecule has 1 aliphatic heterocycles. The number of rotatable bonds is 3. The van der Waals surface area contributed by atoms with Crippen LogP contribution in [0.1, 0.15) is 65.2 Å². The van der Waals surface area contributed by atoms with E-state index in [9.17, 15) is 9.59 Å². The molecular formula is C16H26N2O2. The molecule has 1 N–H and O–H groups in total. The third-order valence-electron chi connectivity index (χ3n) is 5.45. The molecule has 2 unspecified atom stereocenters. The summed E-state index contributed by atoms with van der Waals surface area (Å²) in [6.45, 7) is 3.94. The monoisotopic (exact) mass is 278 g/mol. The molecule has 3 fully saturated rings. The zero-order chi connectivity index (χ0) is 14.3. The van der Waals surface area contributed by atoms with Crippen LogP contribution in [0, 0.1) is 5.92 Å². The second-order valence-electron chi connectivity index (χ2n) is 6.89. The highest BCUT2D eigenvalue weighted by molar-refractivity contribution is 6.00. The standard InChI is InChI=1S/C16H26N2O2/c1-3-13-14(19)17-16(2,11-9-10-11)15(20)18(13)12-7-5-4-6-8-12/h11-13H,3-10H2,1-2H3,(H,17,19). The molecule has 20 heavy (non-hydrogen) atoms. The predicted molar refractivity (Wildman–Crippen MR) is 77.1 cm³/mol. The molecule has 0 radical (unpaired) electrons. The number of carbonyl (C=O) groups is 2. The minimum atomic E-state index is -0.639. The predicted octanol–water partition coefficient (Wildman–Crippen LogP) is 2.22. The first-order valence-electron chi connectivity index (χ1n) is 8.22. The minimum absolute atomic E-state index is 0.0621. The maximum Gasteiger partial charge on any atom is 0.249 e. The summed E-state index contributed by atoms with van der Waals surface area (Å²) in [5.74, 6) is 0.591. The summed E-state index contributed by atoms with van der Waals surface area (Å²) in [6.07, 6.45) is 8.62. The first-order valence-corrected chi connectivity index (χ1v) is 8.22. The van der Waals surface area contributed by atoms with E-state index < -0.39 is 5.54 Å². The molecule has 112 valence electrons. The van der Waals surface area contributed by atoms with Crippen LogP contribution in [-0.2, 0) is 9.59 Å². The zero-order valence-electron chi connectivity index (χ0n) is 12.7. The highest BCUT2D eigenvalue weighted by Gasteiger charge is 2.56. The molecule has 2 atom stereocenters. The Bertz CT molecular complexity index is 413. The largest absolute Gasteiger partial charge is 0.340 e. The molecule has 0 aromatic heterocycles. The van der Waals surface area contributed by atoms with E-state index in [-0.39, 0.29) is 23.9 Å². The lowest BCUT2D eigenvalue weighted by molar-refractivity contribution is -0.159. The third-order valence-corrected chi connectivity index (χ3v) is 5.45. The Morgan fingerprint density at radius 1 is 1.15 bits per heavy atom. The summed E-state index contributed by atoms with van der Waals surface area (Å²) in [7, 11) is 0. The summed E-state index contributed by atoms with van der Waals surface area (Å²) in [6, 6.07) is 0.0303. The third kappa shape index (κ3) is 2.13. The van der Waals surface area contributed by atoms with E-state index in [0.717, 1.165) is 32.1 Å². The van der Waals surface area contributed by atoms with Crippen LogP contribution in [0.25, 0.3) is 0 Å². The maximum absolute atomic E-state index is 13.1. The summed E-state index contributed by atoms with van der Waals surface area (Å²) in [5.41, 5.74) is -0.639. The molecule has 2 saturated carbocycles. The maximum atomic E-state index is 13.1. The highest BCUT2D eigenvalue weighted by atomic mass is 16.2. The van der Waals surface area contributed by atoms with Gasteiger partial charge in [-0.25, -0.2) is 0 Å². The van der Waals surface area contributed by atoms with Gasteiger partial charge in [-0.15, -0.1) is 0 Å². The van der Waals surface area contributed by atoms with Gasteiger partial charge in [0.2, 0.25) is 11.8 Å². The van der Waals surface area contributed by atoms with Crippen molar-refractivity contribution in [3.8, 4) is 0 Å². The second kappa shape index (κ2) is 5.05. The van der Waals surface area contributed by atoms with E-state index in [2.05, 4.69) is 5.32 Å². The van der Waals surface area contributed by atoms with Crippen LogP contribution in [0.4, 0.5) is 0 Å². The first-order chi connectivity index (χ1) is 9.58. The zero-order valence-corrected chi connectivity index (χ0v) is 12.7. The molecule has 0 spiro atoms. The fraction of sp³-hybridized carbons (Fsp3) is 0.875. The summed E-state index contributed by atoms with van der Waals surface area (Å²) < 4.78 is 0. The summed E-state index contributed by atoms with van der Waals surface area (Å²) in [5, 5.41) is 3.04. The van der Waals surface area contributed by atoms with Gasteiger partial charge in [-0.2, -0.15) is 0 Å². The van der Waals surface area contributed by atoms with Gasteiger partial charge in [-0.05, 0) is 44.9 Å². The van der Waals surface area contributed by atoms with Crippen LogP contribution < -0.4 is 5.32 Å². The number of piperazine rings is 1. The topological polar surface area (TPSA) is 49.4 Å². The van der Waals surface area contributed by atoms with Crippen molar-refractivity contribution in [2.24, 2.45) is 5.92 Å². The van der Waals surface area contributed by atoms with Crippen molar-refractivity contribution in [1.82, 2.24) is 10.2 Å². The number of nitrogens with one attached hydrogen (secondary N) is 1. The Morgan fingerprint density at radius 3 is 2.35 bits per heavy atom. The molecule has 0 aromatic carbocycles. The van der Waals surface area contributed by atoms with Gasteiger partial charge >= 0.3 is 0 Å². The number of nitrogens with zero attached hydrogens (tertiary/aromatic N) is 1. The van der Waals surface area contributed by atoms with Crippen molar-refractivity contribution in [1.29, 1.82) is 0 Å². The van der Waals surface area contributed by atoms with Crippen molar-refractivity contribution in [2.75, 3.05) is 0 Å². The van der Waals surface area contributed by atoms with E-state index in [1.165, 1.54) is 19.3 Å². The minimum Gasteiger partial charge on any atom is -0.340 e. The van der Waals surface area contributed by atoms with Crippen LogP contribution >= 0.6 is 0 Å². The van der Waals surface area contributed by atoms with E-state index >= 15 is 0 Å². The molecule has 1 saturated heterocycles. The SMILES string of the molecule is CCC1C(=O)NC(C)(C2CC2)C(=O)N1C1CCCCC1. The Hall–Kier alpha value is -1.06. The molecule has 4 heteroatoms. The van der Waals surface area contributed by atoms with Gasteiger partial charge in [0, 0.05) is 6.04 Å². The second-order valence-corrected chi connectivity index (χ2v) is 6.89. The molecule has 0 bridgehead atoms. The van der Waals surface area contributed by atoms with Crippen LogP contribution in [-0.4, -0.2) is 34.3 Å². The van der Waals surface area contributed by atoms with E-state index in [4.69, 9.17) is 0 Å².